The van der Waals surface area contributed by atoms with Crippen molar-refractivity contribution >= 4 is 34.8 Å². The highest BCUT2D eigenvalue weighted by Crippen LogP contribution is 2.38. The highest BCUT2D eigenvalue weighted by molar-refractivity contribution is 6.49. The van der Waals surface area contributed by atoms with Crippen molar-refractivity contribution in [3.8, 4) is 11.1 Å². The molecule has 16 heavy (non-hydrogen) atoms. The van der Waals surface area contributed by atoms with Crippen LogP contribution in [-0.2, 0) is 0 Å². The number of rotatable bonds is 1. The summed E-state index contributed by atoms with van der Waals surface area (Å²) in [6.07, 6.45) is 1.37. The minimum Gasteiger partial charge on any atom is -0.228 e. The molecule has 0 fully saturated rings. The number of nitrogens with zero attached hydrogens (tertiary/aromatic N) is 1. The molecule has 2 aromatic rings. The van der Waals surface area contributed by atoms with Crippen LogP contribution in [0.5, 0.6) is 0 Å². The van der Waals surface area contributed by atoms with Gasteiger partial charge in [0.15, 0.2) is 0 Å². The van der Waals surface area contributed by atoms with Crippen molar-refractivity contribution in [1.29, 1.82) is 0 Å². The van der Waals surface area contributed by atoms with E-state index in [9.17, 15) is 4.39 Å². The molecule has 1 nitrogen and oxygen atoms in total. The molecule has 0 saturated carbocycles. The van der Waals surface area contributed by atoms with Crippen LogP contribution in [0.15, 0.2) is 30.5 Å². The van der Waals surface area contributed by atoms with Gasteiger partial charge < -0.3 is 0 Å². The van der Waals surface area contributed by atoms with Crippen molar-refractivity contribution < 1.29 is 4.39 Å². The van der Waals surface area contributed by atoms with Crippen LogP contribution in [0.2, 0.25) is 15.1 Å². The second kappa shape index (κ2) is 4.58. The van der Waals surface area contributed by atoms with Gasteiger partial charge in [-0.05, 0) is 18.2 Å². The van der Waals surface area contributed by atoms with Gasteiger partial charge >= 0.3 is 0 Å². The van der Waals surface area contributed by atoms with E-state index in [0.29, 0.717) is 16.1 Å². The van der Waals surface area contributed by atoms with Gasteiger partial charge in [0.2, 0.25) is 5.95 Å². The molecule has 82 valence electrons. The average Bonchev–Trinajstić information content (AvgIpc) is 2.28. The summed E-state index contributed by atoms with van der Waals surface area (Å²) >= 11 is 17.7. The van der Waals surface area contributed by atoms with Gasteiger partial charge in [-0.2, -0.15) is 4.39 Å². The van der Waals surface area contributed by atoms with Crippen LogP contribution in [-0.4, -0.2) is 4.98 Å². The molecular weight excluding hydrogens is 271 g/mol. The third-order valence-corrected chi connectivity index (χ3v) is 3.38. The lowest BCUT2D eigenvalue weighted by molar-refractivity contribution is 0.587. The van der Waals surface area contributed by atoms with E-state index < -0.39 is 5.95 Å². The number of benzene rings is 1. The number of hydrogen-bond acceptors (Lipinski definition) is 1. The molecule has 0 amide bonds. The topological polar surface area (TPSA) is 12.9 Å². The Morgan fingerprint density at radius 1 is 0.938 bits per heavy atom. The Morgan fingerprint density at radius 3 is 2.38 bits per heavy atom. The van der Waals surface area contributed by atoms with Gasteiger partial charge in [-0.15, -0.1) is 0 Å². The molecular formula is C11H5Cl3FN. The highest BCUT2D eigenvalue weighted by Gasteiger charge is 2.13. The minimum absolute atomic E-state index is 0.212. The third-order valence-electron chi connectivity index (χ3n) is 2.08. The van der Waals surface area contributed by atoms with E-state index >= 15 is 0 Å². The normalized spacial score (nSPS) is 10.5. The maximum Gasteiger partial charge on any atom is 0.220 e. The molecule has 0 saturated heterocycles. The van der Waals surface area contributed by atoms with E-state index in [1.807, 2.05) is 0 Å². The Labute approximate surface area is 107 Å². The average molecular weight is 277 g/mol. The lowest BCUT2D eigenvalue weighted by Crippen LogP contribution is -1.89. The highest BCUT2D eigenvalue weighted by atomic mass is 35.5. The van der Waals surface area contributed by atoms with Gasteiger partial charge in [0.05, 0.1) is 15.1 Å². The summed E-state index contributed by atoms with van der Waals surface area (Å²) in [4.78, 5) is 3.55. The number of hydrogen-bond donors (Lipinski definition) is 0. The Bertz CT molecular complexity index is 543. The van der Waals surface area contributed by atoms with Gasteiger partial charge in [0.25, 0.3) is 0 Å². The van der Waals surface area contributed by atoms with Crippen molar-refractivity contribution in [3.05, 3.63) is 51.5 Å². The van der Waals surface area contributed by atoms with Crippen LogP contribution < -0.4 is 0 Å². The van der Waals surface area contributed by atoms with Crippen LogP contribution in [0.4, 0.5) is 4.39 Å². The second-order valence-corrected chi connectivity index (χ2v) is 4.23. The molecule has 1 heterocycles. The van der Waals surface area contributed by atoms with E-state index in [2.05, 4.69) is 4.98 Å². The predicted octanol–water partition coefficient (Wildman–Crippen LogP) is 4.85. The quantitative estimate of drug-likeness (QED) is 0.536. The number of pyridine rings is 1. The molecule has 0 N–H and O–H groups in total. The Hall–Kier alpha value is -0.830. The molecule has 5 heteroatoms. The van der Waals surface area contributed by atoms with Crippen molar-refractivity contribution in [2.24, 2.45) is 0 Å². The number of aromatic nitrogens is 1. The van der Waals surface area contributed by atoms with Gasteiger partial charge in [-0.25, -0.2) is 4.98 Å². The first-order valence-corrected chi connectivity index (χ1v) is 5.49. The standard InChI is InChI=1S/C11H5Cl3FN/c12-8-4-3-6(9(13)10(8)14)7-2-1-5-16-11(7)15/h1-5H. The van der Waals surface area contributed by atoms with Crippen LogP contribution in [0.25, 0.3) is 11.1 Å². The fraction of sp³-hybridized carbons (Fsp3) is 0. The lowest BCUT2D eigenvalue weighted by Gasteiger charge is -2.07. The summed E-state index contributed by atoms with van der Waals surface area (Å²) in [7, 11) is 0. The second-order valence-electron chi connectivity index (χ2n) is 3.06. The van der Waals surface area contributed by atoms with Crippen LogP contribution in [0, 0.1) is 5.95 Å². The zero-order valence-electron chi connectivity index (χ0n) is 7.85. The van der Waals surface area contributed by atoms with E-state index in [0.717, 1.165) is 0 Å². The SMILES string of the molecule is Fc1ncccc1-c1ccc(Cl)c(Cl)c1Cl. The molecule has 0 aliphatic rings. The van der Waals surface area contributed by atoms with E-state index in [4.69, 9.17) is 34.8 Å². The summed E-state index contributed by atoms with van der Waals surface area (Å²) in [6, 6.07) is 6.37. The van der Waals surface area contributed by atoms with Crippen molar-refractivity contribution in [2.75, 3.05) is 0 Å². The maximum atomic E-state index is 13.4. The van der Waals surface area contributed by atoms with E-state index in [1.54, 1.807) is 24.3 Å². The lowest BCUT2D eigenvalue weighted by atomic mass is 10.1. The summed E-state index contributed by atoms with van der Waals surface area (Å²) in [5, 5.41) is 0.768. The third kappa shape index (κ3) is 2.01. The van der Waals surface area contributed by atoms with Crippen LogP contribution in [0.1, 0.15) is 0 Å². The van der Waals surface area contributed by atoms with Gasteiger partial charge in [-0.1, -0.05) is 40.9 Å². The molecule has 0 bridgehead atoms. The fourth-order valence-electron chi connectivity index (χ4n) is 1.32. The molecule has 0 aliphatic carbocycles. The molecule has 0 radical (unpaired) electrons. The van der Waals surface area contributed by atoms with E-state index in [1.165, 1.54) is 6.20 Å². The summed E-state index contributed by atoms with van der Waals surface area (Å²) < 4.78 is 13.4. The minimum atomic E-state index is -0.595. The Morgan fingerprint density at radius 2 is 1.69 bits per heavy atom. The number of halogens is 4. The van der Waals surface area contributed by atoms with Crippen molar-refractivity contribution in [1.82, 2.24) is 4.98 Å². The monoisotopic (exact) mass is 275 g/mol. The zero-order chi connectivity index (χ0) is 11.7. The Balaban J connectivity index is 2.66. The predicted molar refractivity (Wildman–Crippen MR) is 64.7 cm³/mol. The Kier molecular flexibility index (Phi) is 3.33. The summed E-state index contributed by atoms with van der Waals surface area (Å²) in [5.41, 5.74) is 0.771. The first kappa shape index (κ1) is 11.6. The largest absolute Gasteiger partial charge is 0.228 e. The molecule has 1 aromatic heterocycles. The zero-order valence-corrected chi connectivity index (χ0v) is 10.1. The molecule has 0 aliphatic heterocycles. The smallest absolute Gasteiger partial charge is 0.220 e. The van der Waals surface area contributed by atoms with Crippen LogP contribution >= 0.6 is 34.8 Å². The summed E-state index contributed by atoms with van der Waals surface area (Å²) in [6.45, 7) is 0. The van der Waals surface area contributed by atoms with Crippen LogP contribution in [0.3, 0.4) is 0 Å². The molecule has 2 rings (SSSR count). The molecule has 0 atom stereocenters. The molecule has 0 spiro atoms. The van der Waals surface area contributed by atoms with Gasteiger partial charge in [0, 0.05) is 17.3 Å². The maximum absolute atomic E-state index is 13.4. The first-order valence-electron chi connectivity index (χ1n) is 4.35. The fourth-order valence-corrected chi connectivity index (χ4v) is 1.96. The molecule has 1 aromatic carbocycles. The first-order chi connectivity index (χ1) is 7.61. The van der Waals surface area contributed by atoms with Gasteiger partial charge in [-0.3, -0.25) is 0 Å². The molecule has 0 unspecified atom stereocenters. The van der Waals surface area contributed by atoms with Crippen molar-refractivity contribution in [2.45, 2.75) is 0 Å². The van der Waals surface area contributed by atoms with E-state index in [-0.39, 0.29) is 10.0 Å². The van der Waals surface area contributed by atoms with Gasteiger partial charge in [0.1, 0.15) is 0 Å². The summed E-state index contributed by atoms with van der Waals surface area (Å²) in [5.74, 6) is -0.595. The van der Waals surface area contributed by atoms with Crippen molar-refractivity contribution in [3.63, 3.8) is 0 Å².